The summed E-state index contributed by atoms with van der Waals surface area (Å²) in [5, 5.41) is 3.33. The zero-order valence-electron chi connectivity index (χ0n) is 33.6. The lowest BCUT2D eigenvalue weighted by atomic mass is 10.0. The lowest BCUT2D eigenvalue weighted by Gasteiger charge is -2.32. The Kier molecular flexibility index (Phi) is 12.4. The Labute approximate surface area is 367 Å². The fourth-order valence-electron chi connectivity index (χ4n) is 8.43. The van der Waals surface area contributed by atoms with Gasteiger partial charge in [0.15, 0.2) is 0 Å². The number of hydrogen-bond donors (Lipinski definition) is 3. The second-order valence-electron chi connectivity index (χ2n) is 15.4. The quantitative estimate of drug-likeness (QED) is 0.110. The minimum absolute atomic E-state index is 0.0164. The van der Waals surface area contributed by atoms with Crippen LogP contribution in [-0.4, -0.2) is 86.8 Å². The Morgan fingerprint density at radius 3 is 1.72 bits per heavy atom. The molecule has 0 spiro atoms. The average molecular weight is 937 g/mol. The highest BCUT2D eigenvalue weighted by atomic mass is 127. The van der Waals surface area contributed by atoms with Gasteiger partial charge in [-0.15, -0.1) is 0 Å². The first-order valence-electron chi connectivity index (χ1n) is 20.0. The van der Waals surface area contributed by atoms with Crippen molar-refractivity contribution in [3.8, 4) is 33.6 Å². The van der Waals surface area contributed by atoms with E-state index in [-0.39, 0.29) is 23.9 Å². The summed E-state index contributed by atoms with van der Waals surface area (Å²) < 4.78 is 5.74. The molecule has 12 nitrogen and oxygen atoms in total. The van der Waals surface area contributed by atoms with E-state index in [1.165, 1.54) is 7.11 Å². The molecule has 60 heavy (non-hydrogen) atoms. The van der Waals surface area contributed by atoms with Crippen molar-refractivity contribution >= 4 is 52.1 Å². The summed E-state index contributed by atoms with van der Waals surface area (Å²) in [6.45, 7) is 1.22. The number of amides is 3. The number of likely N-dealkylation sites (tertiary alicyclic amines) is 2. The van der Waals surface area contributed by atoms with Crippen LogP contribution in [-0.2, 0) is 14.3 Å². The van der Waals surface area contributed by atoms with Gasteiger partial charge in [-0.05, 0) is 108 Å². The lowest BCUT2D eigenvalue weighted by Crippen LogP contribution is -2.43. The van der Waals surface area contributed by atoms with Gasteiger partial charge in [0.05, 0.1) is 43.0 Å². The summed E-state index contributed by atoms with van der Waals surface area (Å²) in [7, 11) is 5.10. The molecule has 14 heteroatoms. The van der Waals surface area contributed by atoms with Crippen molar-refractivity contribution in [3.05, 3.63) is 141 Å². The third-order valence-corrected chi connectivity index (χ3v) is 12.8. The standard InChI is InChI=1S/C46H46ClIN8O4/c1-54(2)41(32-10-4-6-12-34(32)47)45(58)56-25-9-15-39(56)43-50-27-37(52-43)31-22-18-29(19-23-31)28-16-20-30(21-17-28)36-26-49-42(51-36)38-14-8-24-55(38)44(57)40(53-46(59)60-3)33-11-5-7-13-35(33)48/h4-7,10-13,16-23,26-27,38-41H,8-9,14-15,24-25H2,1-3H3,(H,49,51)(H,50,52)(H,53,59)/t38-,39-,40+,41+/m0/s1. The van der Waals surface area contributed by atoms with Crippen LogP contribution < -0.4 is 5.32 Å². The van der Waals surface area contributed by atoms with E-state index in [0.717, 1.165) is 79.8 Å². The number of ether oxygens (including phenoxy) is 1. The van der Waals surface area contributed by atoms with Gasteiger partial charge in [0.25, 0.3) is 5.91 Å². The van der Waals surface area contributed by atoms with Crippen molar-refractivity contribution in [2.24, 2.45) is 0 Å². The highest BCUT2D eigenvalue weighted by molar-refractivity contribution is 14.1. The van der Waals surface area contributed by atoms with Crippen LogP contribution in [0.3, 0.4) is 0 Å². The largest absolute Gasteiger partial charge is 0.453 e. The zero-order chi connectivity index (χ0) is 41.9. The monoisotopic (exact) mass is 936 g/mol. The molecule has 0 unspecified atom stereocenters. The van der Waals surface area contributed by atoms with Crippen LogP contribution in [0.15, 0.2) is 109 Å². The Morgan fingerprint density at radius 2 is 1.22 bits per heavy atom. The van der Waals surface area contributed by atoms with Gasteiger partial charge in [0, 0.05) is 21.7 Å². The zero-order valence-corrected chi connectivity index (χ0v) is 36.5. The van der Waals surface area contributed by atoms with Crippen LogP contribution in [0.25, 0.3) is 33.6 Å². The molecule has 0 bridgehead atoms. The van der Waals surface area contributed by atoms with E-state index in [1.54, 1.807) is 4.90 Å². The van der Waals surface area contributed by atoms with E-state index in [0.29, 0.717) is 23.9 Å². The molecule has 8 rings (SSSR count). The number of rotatable bonds is 11. The second-order valence-corrected chi connectivity index (χ2v) is 16.9. The number of hydrogen-bond acceptors (Lipinski definition) is 7. The molecule has 308 valence electrons. The molecule has 0 saturated carbocycles. The molecule has 3 N–H and O–H groups in total. The molecule has 3 amide bonds. The fraction of sp³-hybridized carbons (Fsp3) is 0.283. The Morgan fingerprint density at radius 1 is 0.733 bits per heavy atom. The van der Waals surface area contributed by atoms with E-state index in [1.807, 2.05) is 84.8 Å². The summed E-state index contributed by atoms with van der Waals surface area (Å²) in [5.74, 6) is 1.30. The maximum atomic E-state index is 14.1. The fourth-order valence-corrected chi connectivity index (χ4v) is 9.37. The van der Waals surface area contributed by atoms with Crippen molar-refractivity contribution in [3.63, 3.8) is 0 Å². The van der Waals surface area contributed by atoms with Gasteiger partial charge < -0.3 is 29.8 Å². The highest BCUT2D eigenvalue weighted by Gasteiger charge is 2.39. The van der Waals surface area contributed by atoms with Crippen LogP contribution >= 0.6 is 34.2 Å². The van der Waals surface area contributed by atoms with Crippen molar-refractivity contribution in [1.82, 2.24) is 40.0 Å². The van der Waals surface area contributed by atoms with Crippen LogP contribution in [0.1, 0.15) is 72.6 Å². The number of nitrogens with zero attached hydrogens (tertiary/aromatic N) is 5. The summed E-state index contributed by atoms with van der Waals surface area (Å²) in [6, 6.07) is 29.9. The Hall–Kier alpha value is -5.51. The minimum atomic E-state index is -0.887. The second kappa shape index (κ2) is 18.0. The third kappa shape index (κ3) is 8.43. The number of alkyl carbamates (subject to hydrolysis) is 1. The minimum Gasteiger partial charge on any atom is -0.453 e. The Balaban J connectivity index is 0.935. The summed E-state index contributed by atoms with van der Waals surface area (Å²) >= 11 is 8.73. The van der Waals surface area contributed by atoms with Gasteiger partial charge in [-0.1, -0.05) is 96.5 Å². The van der Waals surface area contributed by atoms with Gasteiger partial charge in [-0.3, -0.25) is 14.5 Å². The molecule has 4 heterocycles. The van der Waals surface area contributed by atoms with Crippen LogP contribution in [0.4, 0.5) is 4.79 Å². The maximum Gasteiger partial charge on any atom is 0.407 e. The molecular weight excluding hydrogens is 891 g/mol. The summed E-state index contributed by atoms with van der Waals surface area (Å²) in [5.41, 5.74) is 7.37. The summed E-state index contributed by atoms with van der Waals surface area (Å²) in [4.78, 5) is 62.5. The molecule has 2 aromatic heterocycles. The smallest absolute Gasteiger partial charge is 0.407 e. The number of H-pyrrole nitrogens is 2. The maximum absolute atomic E-state index is 14.1. The molecule has 2 aliphatic rings. The number of nitrogens with one attached hydrogen (secondary N) is 3. The first kappa shape index (κ1) is 41.2. The molecule has 6 aromatic rings. The molecule has 0 aliphatic carbocycles. The number of halogens is 2. The molecule has 4 aromatic carbocycles. The van der Waals surface area contributed by atoms with Crippen LogP contribution in [0, 0.1) is 3.57 Å². The van der Waals surface area contributed by atoms with E-state index in [9.17, 15) is 14.4 Å². The highest BCUT2D eigenvalue weighted by Crippen LogP contribution is 2.38. The molecule has 0 radical (unpaired) electrons. The van der Waals surface area contributed by atoms with Crippen molar-refractivity contribution in [2.45, 2.75) is 49.9 Å². The molecule has 2 saturated heterocycles. The van der Waals surface area contributed by atoms with Gasteiger partial charge in [-0.2, -0.15) is 0 Å². The third-order valence-electron chi connectivity index (χ3n) is 11.5. The van der Waals surface area contributed by atoms with Crippen molar-refractivity contribution in [2.75, 3.05) is 34.3 Å². The number of methoxy groups -OCH3 is 1. The number of aromatic amines is 2. The lowest BCUT2D eigenvalue weighted by molar-refractivity contribution is -0.137. The summed E-state index contributed by atoms with van der Waals surface area (Å²) in [6.07, 6.45) is 6.30. The number of carbonyl (C=O) groups excluding carboxylic acids is 3. The number of aromatic nitrogens is 4. The number of likely N-dealkylation sites (N-methyl/N-ethyl adjacent to an activating group) is 1. The first-order valence-corrected chi connectivity index (χ1v) is 21.5. The van der Waals surface area contributed by atoms with Gasteiger partial charge in [0.2, 0.25) is 5.91 Å². The van der Waals surface area contributed by atoms with Crippen molar-refractivity contribution < 1.29 is 19.1 Å². The van der Waals surface area contributed by atoms with E-state index < -0.39 is 18.2 Å². The topological polar surface area (TPSA) is 140 Å². The SMILES string of the molecule is COC(=O)N[C@@H](C(=O)N1CCC[C@H]1c1ncc(-c2ccc(-c3ccc(-c4cnc([C@@H]5CCCN5C(=O)[C@@H](c5ccccc5Cl)N(C)C)[nH]4)cc3)cc2)[nH]1)c1ccccc1I. The molecular formula is C46H46ClIN8O4. The van der Waals surface area contributed by atoms with Crippen LogP contribution in [0.2, 0.25) is 5.02 Å². The van der Waals surface area contributed by atoms with Crippen LogP contribution in [0.5, 0.6) is 0 Å². The normalized spacial score (nSPS) is 17.5. The van der Waals surface area contributed by atoms with E-state index in [2.05, 4.69) is 86.4 Å². The van der Waals surface area contributed by atoms with E-state index >= 15 is 0 Å². The predicted molar refractivity (Wildman–Crippen MR) is 240 cm³/mol. The molecule has 4 atom stereocenters. The number of carbonyl (C=O) groups is 3. The van der Waals surface area contributed by atoms with E-state index in [4.69, 9.17) is 26.3 Å². The van der Waals surface area contributed by atoms with Gasteiger partial charge in [-0.25, -0.2) is 14.8 Å². The van der Waals surface area contributed by atoms with Crippen molar-refractivity contribution in [1.29, 1.82) is 0 Å². The van der Waals surface area contributed by atoms with Gasteiger partial charge in [0.1, 0.15) is 23.7 Å². The first-order chi connectivity index (χ1) is 29.1. The predicted octanol–water partition coefficient (Wildman–Crippen LogP) is 9.12. The Bertz CT molecular complexity index is 2490. The number of imidazole rings is 2. The molecule has 2 aliphatic heterocycles. The number of benzene rings is 4. The average Bonchev–Trinajstić information content (AvgIpc) is 4.11. The molecule has 2 fully saturated rings. The van der Waals surface area contributed by atoms with Gasteiger partial charge >= 0.3 is 6.09 Å².